The van der Waals surface area contributed by atoms with Crippen molar-refractivity contribution in [2.24, 2.45) is 17.6 Å². The average Bonchev–Trinajstić information content (AvgIpc) is 2.47. The van der Waals surface area contributed by atoms with Gasteiger partial charge in [-0.2, -0.15) is 0 Å². The molecule has 1 aromatic rings. The number of aryl methyl sites for hydroxylation is 1. The fourth-order valence-corrected chi connectivity index (χ4v) is 3.04. The van der Waals surface area contributed by atoms with Crippen LogP contribution in [0.15, 0.2) is 24.3 Å². The topological polar surface area (TPSA) is 64.3 Å². The van der Waals surface area contributed by atoms with Gasteiger partial charge >= 0.3 is 0 Å². The van der Waals surface area contributed by atoms with Crippen molar-refractivity contribution in [3.05, 3.63) is 29.8 Å². The normalized spacial score (nSPS) is 22.0. The maximum Gasteiger partial charge on any atom is 0.250 e. The van der Waals surface area contributed by atoms with Crippen molar-refractivity contribution < 1.29 is 9.53 Å². The molecule has 2 unspecified atom stereocenters. The van der Waals surface area contributed by atoms with Crippen LogP contribution >= 0.6 is 0 Å². The van der Waals surface area contributed by atoms with Crippen LogP contribution in [0.3, 0.4) is 0 Å². The number of benzene rings is 1. The van der Waals surface area contributed by atoms with Gasteiger partial charge in [0.2, 0.25) is 5.91 Å². The lowest BCUT2D eigenvalue weighted by Crippen LogP contribution is -2.31. The maximum atomic E-state index is 11.9. The van der Waals surface area contributed by atoms with Crippen molar-refractivity contribution in [1.82, 2.24) is 0 Å². The van der Waals surface area contributed by atoms with Crippen LogP contribution in [-0.4, -0.2) is 25.7 Å². The van der Waals surface area contributed by atoms with Gasteiger partial charge in [-0.1, -0.05) is 25.0 Å². The molecule has 1 aliphatic rings. The Balaban J connectivity index is 1.71. The van der Waals surface area contributed by atoms with Gasteiger partial charge in [-0.3, -0.25) is 4.79 Å². The van der Waals surface area contributed by atoms with E-state index >= 15 is 0 Å². The van der Waals surface area contributed by atoms with E-state index in [1.807, 2.05) is 31.2 Å². The van der Waals surface area contributed by atoms with Crippen molar-refractivity contribution in [3.8, 4) is 0 Å². The second-order valence-corrected chi connectivity index (χ2v) is 5.97. The molecule has 3 N–H and O–H groups in total. The van der Waals surface area contributed by atoms with E-state index in [0.29, 0.717) is 18.4 Å². The Bertz CT molecular complexity index is 462. The highest BCUT2D eigenvalue weighted by Crippen LogP contribution is 2.29. The number of anilines is 1. The minimum absolute atomic E-state index is 0.0966. The molecule has 1 aromatic carbocycles. The molecule has 0 aromatic heterocycles. The fourth-order valence-electron chi connectivity index (χ4n) is 3.04. The van der Waals surface area contributed by atoms with Crippen LogP contribution in [0.4, 0.5) is 5.69 Å². The summed E-state index contributed by atoms with van der Waals surface area (Å²) in [7, 11) is 0. The van der Waals surface area contributed by atoms with Crippen molar-refractivity contribution in [3.63, 3.8) is 0 Å². The first-order valence-electron chi connectivity index (χ1n) is 7.83. The first-order valence-corrected chi connectivity index (χ1v) is 7.83. The molecule has 1 aliphatic carbocycles. The summed E-state index contributed by atoms with van der Waals surface area (Å²) in [6, 6.07) is 7.77. The summed E-state index contributed by atoms with van der Waals surface area (Å²) < 4.78 is 5.60. The zero-order chi connectivity index (χ0) is 15.1. The van der Waals surface area contributed by atoms with E-state index in [-0.39, 0.29) is 12.5 Å². The van der Waals surface area contributed by atoms with E-state index in [0.717, 1.165) is 17.8 Å². The summed E-state index contributed by atoms with van der Waals surface area (Å²) in [6.07, 6.45) is 4.88. The Labute approximate surface area is 127 Å². The average molecular weight is 290 g/mol. The van der Waals surface area contributed by atoms with Gasteiger partial charge in [-0.15, -0.1) is 0 Å². The molecule has 0 saturated heterocycles. The quantitative estimate of drug-likeness (QED) is 0.846. The van der Waals surface area contributed by atoms with Gasteiger partial charge in [-0.05, 0) is 55.8 Å². The molecule has 21 heavy (non-hydrogen) atoms. The summed E-state index contributed by atoms with van der Waals surface area (Å²) in [5, 5.41) is 2.86. The minimum atomic E-state index is -0.0966. The summed E-state index contributed by atoms with van der Waals surface area (Å²) in [5.74, 6) is 0.967. The summed E-state index contributed by atoms with van der Waals surface area (Å²) in [5.41, 5.74) is 7.75. The number of hydrogen-bond donors (Lipinski definition) is 2. The van der Waals surface area contributed by atoms with Gasteiger partial charge in [0.1, 0.15) is 6.61 Å². The molecule has 116 valence electrons. The third-order valence-electron chi connectivity index (χ3n) is 4.24. The largest absolute Gasteiger partial charge is 0.371 e. The molecule has 0 radical (unpaired) electrons. The molecule has 2 rings (SSSR count). The molecule has 0 spiro atoms. The SMILES string of the molecule is Cc1cccc(NC(=O)COCC2CCCCC2CN)c1. The van der Waals surface area contributed by atoms with Gasteiger partial charge in [-0.25, -0.2) is 0 Å². The lowest BCUT2D eigenvalue weighted by molar-refractivity contribution is -0.121. The Morgan fingerprint density at radius 2 is 2.10 bits per heavy atom. The standard InChI is InChI=1S/C17H26N2O2/c1-13-5-4-8-16(9-13)19-17(20)12-21-11-15-7-3-2-6-14(15)10-18/h4-5,8-9,14-15H,2-3,6-7,10-12,18H2,1H3,(H,19,20). The number of carbonyl (C=O) groups is 1. The van der Waals surface area contributed by atoms with Crippen LogP contribution in [0.2, 0.25) is 0 Å². The predicted molar refractivity (Wildman–Crippen MR) is 85.1 cm³/mol. The molecule has 4 nitrogen and oxygen atoms in total. The zero-order valence-electron chi connectivity index (χ0n) is 12.8. The Kier molecular flexibility index (Phi) is 6.21. The molecule has 4 heteroatoms. The van der Waals surface area contributed by atoms with Gasteiger partial charge < -0.3 is 15.8 Å². The molecule has 1 saturated carbocycles. The van der Waals surface area contributed by atoms with Crippen LogP contribution in [0.25, 0.3) is 0 Å². The van der Waals surface area contributed by atoms with Gasteiger partial charge in [0.15, 0.2) is 0 Å². The lowest BCUT2D eigenvalue weighted by Gasteiger charge is -2.30. The van der Waals surface area contributed by atoms with E-state index in [1.54, 1.807) is 0 Å². The van der Waals surface area contributed by atoms with Crippen LogP contribution in [-0.2, 0) is 9.53 Å². The van der Waals surface area contributed by atoms with E-state index in [1.165, 1.54) is 25.7 Å². The van der Waals surface area contributed by atoms with Gasteiger partial charge in [0.25, 0.3) is 0 Å². The van der Waals surface area contributed by atoms with Crippen LogP contribution in [0.5, 0.6) is 0 Å². The van der Waals surface area contributed by atoms with E-state index in [4.69, 9.17) is 10.5 Å². The Morgan fingerprint density at radius 3 is 2.81 bits per heavy atom. The predicted octanol–water partition coefficient (Wildman–Crippen LogP) is 2.72. The number of nitrogens with one attached hydrogen (secondary N) is 1. The highest BCUT2D eigenvalue weighted by molar-refractivity contribution is 5.91. The van der Waals surface area contributed by atoms with Crippen LogP contribution in [0, 0.1) is 18.8 Å². The van der Waals surface area contributed by atoms with E-state index < -0.39 is 0 Å². The molecule has 2 atom stereocenters. The number of carbonyl (C=O) groups excluding carboxylic acids is 1. The van der Waals surface area contributed by atoms with Gasteiger partial charge in [0, 0.05) is 5.69 Å². The Morgan fingerprint density at radius 1 is 1.33 bits per heavy atom. The summed E-state index contributed by atoms with van der Waals surface area (Å²) >= 11 is 0. The smallest absolute Gasteiger partial charge is 0.250 e. The van der Waals surface area contributed by atoms with E-state index in [9.17, 15) is 4.79 Å². The summed E-state index contributed by atoms with van der Waals surface area (Å²) in [6.45, 7) is 3.48. The zero-order valence-corrected chi connectivity index (χ0v) is 12.8. The second-order valence-electron chi connectivity index (χ2n) is 5.97. The van der Waals surface area contributed by atoms with Crippen molar-refractivity contribution in [1.29, 1.82) is 0 Å². The molecular weight excluding hydrogens is 264 g/mol. The Hall–Kier alpha value is -1.39. The molecular formula is C17H26N2O2. The first-order chi connectivity index (χ1) is 10.2. The molecule has 0 heterocycles. The van der Waals surface area contributed by atoms with Crippen LogP contribution in [0.1, 0.15) is 31.2 Å². The maximum absolute atomic E-state index is 11.9. The highest BCUT2D eigenvalue weighted by atomic mass is 16.5. The van der Waals surface area contributed by atoms with Crippen LogP contribution < -0.4 is 11.1 Å². The third-order valence-corrected chi connectivity index (χ3v) is 4.24. The molecule has 0 bridgehead atoms. The first kappa shape index (κ1) is 16.0. The molecule has 1 fully saturated rings. The number of rotatable bonds is 6. The van der Waals surface area contributed by atoms with E-state index in [2.05, 4.69) is 5.32 Å². The van der Waals surface area contributed by atoms with Gasteiger partial charge in [0.05, 0.1) is 6.61 Å². The summed E-state index contributed by atoms with van der Waals surface area (Å²) in [4.78, 5) is 11.9. The number of hydrogen-bond acceptors (Lipinski definition) is 3. The minimum Gasteiger partial charge on any atom is -0.371 e. The third kappa shape index (κ3) is 5.14. The lowest BCUT2D eigenvalue weighted by atomic mass is 9.80. The molecule has 1 amide bonds. The monoisotopic (exact) mass is 290 g/mol. The highest BCUT2D eigenvalue weighted by Gasteiger charge is 2.24. The number of ether oxygens (including phenoxy) is 1. The van der Waals surface area contributed by atoms with Crippen molar-refractivity contribution in [2.75, 3.05) is 25.1 Å². The van der Waals surface area contributed by atoms with Crippen molar-refractivity contribution >= 4 is 11.6 Å². The number of amides is 1. The number of nitrogens with two attached hydrogens (primary N) is 1. The van der Waals surface area contributed by atoms with Crippen molar-refractivity contribution in [2.45, 2.75) is 32.6 Å². The second kappa shape index (κ2) is 8.15. The fraction of sp³-hybridized carbons (Fsp3) is 0.588. The molecule has 0 aliphatic heterocycles.